The van der Waals surface area contributed by atoms with Crippen molar-refractivity contribution in [2.75, 3.05) is 26.8 Å². The molecular formula is C12H19N3O3. The van der Waals surface area contributed by atoms with Gasteiger partial charge in [0.2, 0.25) is 5.76 Å². The number of methoxy groups -OCH3 is 1. The van der Waals surface area contributed by atoms with Gasteiger partial charge in [-0.2, -0.15) is 0 Å². The van der Waals surface area contributed by atoms with E-state index >= 15 is 0 Å². The number of aromatic nitrogens is 1. The van der Waals surface area contributed by atoms with Crippen molar-refractivity contribution < 1.29 is 13.9 Å². The Balaban J connectivity index is 1.94. The van der Waals surface area contributed by atoms with E-state index in [4.69, 9.17) is 9.15 Å². The van der Waals surface area contributed by atoms with Crippen LogP contribution in [0.25, 0.3) is 0 Å². The van der Waals surface area contributed by atoms with Crippen LogP contribution < -0.4 is 10.6 Å². The van der Waals surface area contributed by atoms with Crippen LogP contribution in [0.15, 0.2) is 10.8 Å². The molecule has 0 saturated carbocycles. The highest BCUT2D eigenvalue weighted by Gasteiger charge is 2.34. The highest BCUT2D eigenvalue weighted by Crippen LogP contribution is 2.19. The Morgan fingerprint density at radius 2 is 2.56 bits per heavy atom. The molecule has 1 unspecified atom stereocenters. The molecule has 100 valence electrons. The Morgan fingerprint density at radius 1 is 1.72 bits per heavy atom. The number of rotatable bonds is 5. The van der Waals surface area contributed by atoms with Crippen LogP contribution >= 0.6 is 0 Å². The molecule has 1 aliphatic rings. The third-order valence-corrected chi connectivity index (χ3v) is 3.29. The molecule has 6 heteroatoms. The van der Waals surface area contributed by atoms with Crippen molar-refractivity contribution in [2.45, 2.75) is 25.3 Å². The van der Waals surface area contributed by atoms with E-state index in [2.05, 4.69) is 15.6 Å². The first-order chi connectivity index (χ1) is 8.67. The molecular weight excluding hydrogens is 234 g/mol. The van der Waals surface area contributed by atoms with Crippen LogP contribution in [0.3, 0.4) is 0 Å². The summed E-state index contributed by atoms with van der Waals surface area (Å²) in [7, 11) is 1.67. The number of carbonyl (C=O) groups excluding carboxylic acids is 1. The van der Waals surface area contributed by atoms with E-state index in [0.29, 0.717) is 18.8 Å². The molecule has 0 aromatic carbocycles. The number of nitrogens with one attached hydrogen (secondary N) is 2. The topological polar surface area (TPSA) is 76.4 Å². The molecule has 1 aromatic heterocycles. The smallest absolute Gasteiger partial charge is 0.289 e. The minimum Gasteiger partial charge on any atom is -0.438 e. The predicted molar refractivity (Wildman–Crippen MR) is 65.4 cm³/mol. The van der Waals surface area contributed by atoms with Gasteiger partial charge in [0.15, 0.2) is 6.39 Å². The van der Waals surface area contributed by atoms with Crippen LogP contribution in [0.1, 0.15) is 29.1 Å². The quantitative estimate of drug-likeness (QED) is 0.798. The molecule has 18 heavy (non-hydrogen) atoms. The van der Waals surface area contributed by atoms with Gasteiger partial charge in [0, 0.05) is 13.7 Å². The Morgan fingerprint density at radius 3 is 3.11 bits per heavy atom. The molecule has 2 heterocycles. The highest BCUT2D eigenvalue weighted by molar-refractivity contribution is 5.92. The molecule has 2 N–H and O–H groups in total. The van der Waals surface area contributed by atoms with E-state index < -0.39 is 0 Å². The second kappa shape index (κ2) is 5.49. The van der Waals surface area contributed by atoms with Gasteiger partial charge < -0.3 is 19.8 Å². The van der Waals surface area contributed by atoms with Crippen LogP contribution in [0.4, 0.5) is 0 Å². The molecule has 1 saturated heterocycles. The molecule has 1 fully saturated rings. The number of oxazole rings is 1. The van der Waals surface area contributed by atoms with Gasteiger partial charge in [-0.3, -0.25) is 4.79 Å². The van der Waals surface area contributed by atoms with E-state index in [0.717, 1.165) is 19.4 Å². The second-order valence-electron chi connectivity index (χ2n) is 4.69. The zero-order chi connectivity index (χ0) is 13.0. The molecule has 2 rings (SSSR count). The van der Waals surface area contributed by atoms with Gasteiger partial charge in [-0.25, -0.2) is 4.98 Å². The number of amides is 1. The summed E-state index contributed by atoms with van der Waals surface area (Å²) in [6, 6.07) is 0. The fourth-order valence-corrected chi connectivity index (χ4v) is 2.32. The first-order valence-corrected chi connectivity index (χ1v) is 6.09. The fraction of sp³-hybridized carbons (Fsp3) is 0.667. The van der Waals surface area contributed by atoms with Crippen molar-refractivity contribution >= 4 is 5.91 Å². The van der Waals surface area contributed by atoms with Crippen molar-refractivity contribution in [2.24, 2.45) is 0 Å². The Bertz CT molecular complexity index is 410. The Kier molecular flexibility index (Phi) is 3.98. The largest absolute Gasteiger partial charge is 0.438 e. The molecule has 6 nitrogen and oxygen atoms in total. The Hall–Kier alpha value is -1.40. The maximum atomic E-state index is 11.9. The highest BCUT2D eigenvalue weighted by atomic mass is 16.5. The lowest BCUT2D eigenvalue weighted by Gasteiger charge is -2.28. The van der Waals surface area contributed by atoms with Gasteiger partial charge in [-0.1, -0.05) is 0 Å². The molecule has 1 aliphatic heterocycles. The lowest BCUT2D eigenvalue weighted by Crippen LogP contribution is -2.53. The van der Waals surface area contributed by atoms with Crippen LogP contribution in [0.2, 0.25) is 0 Å². The van der Waals surface area contributed by atoms with Crippen molar-refractivity contribution in [3.63, 3.8) is 0 Å². The molecule has 0 bridgehead atoms. The van der Waals surface area contributed by atoms with Gasteiger partial charge in [0.05, 0.1) is 17.8 Å². The number of hydrogen-bond donors (Lipinski definition) is 2. The molecule has 1 amide bonds. The zero-order valence-electron chi connectivity index (χ0n) is 10.8. The summed E-state index contributed by atoms with van der Waals surface area (Å²) in [5, 5.41) is 6.28. The van der Waals surface area contributed by atoms with E-state index in [9.17, 15) is 4.79 Å². The summed E-state index contributed by atoms with van der Waals surface area (Å²) in [6.07, 6.45) is 3.38. The fourth-order valence-electron chi connectivity index (χ4n) is 2.32. The number of nitrogens with zero attached hydrogens (tertiary/aromatic N) is 1. The van der Waals surface area contributed by atoms with E-state index in [1.54, 1.807) is 14.0 Å². The standard InChI is InChI=1S/C12H19N3O3/c1-9-10(18-8-14-9)11(16)13-6-12(7-17-2)4-3-5-15-12/h8,15H,3-7H2,1-2H3,(H,13,16). The van der Waals surface area contributed by atoms with E-state index in [1.807, 2.05) is 0 Å². The van der Waals surface area contributed by atoms with Crippen LogP contribution in [-0.2, 0) is 4.74 Å². The zero-order valence-corrected chi connectivity index (χ0v) is 10.8. The summed E-state index contributed by atoms with van der Waals surface area (Å²) in [5.41, 5.74) is 0.450. The molecule has 0 aliphatic carbocycles. The number of aryl methyl sites for hydroxylation is 1. The van der Waals surface area contributed by atoms with Gasteiger partial charge in [-0.05, 0) is 26.3 Å². The van der Waals surface area contributed by atoms with Gasteiger partial charge in [0.1, 0.15) is 0 Å². The predicted octanol–water partition coefficient (Wildman–Crippen LogP) is 0.481. The number of ether oxygens (including phenoxy) is 1. The summed E-state index contributed by atoms with van der Waals surface area (Å²) in [6.45, 7) is 3.82. The lowest BCUT2D eigenvalue weighted by molar-refractivity contribution is 0.0866. The summed E-state index contributed by atoms with van der Waals surface area (Å²) < 4.78 is 10.3. The maximum absolute atomic E-state index is 11.9. The summed E-state index contributed by atoms with van der Waals surface area (Å²) in [5.74, 6) is 0.0507. The summed E-state index contributed by atoms with van der Waals surface area (Å²) in [4.78, 5) is 15.8. The van der Waals surface area contributed by atoms with Crippen LogP contribution in [0, 0.1) is 6.92 Å². The average molecular weight is 253 g/mol. The van der Waals surface area contributed by atoms with Crippen molar-refractivity contribution in [1.29, 1.82) is 0 Å². The molecule has 1 atom stereocenters. The SMILES string of the molecule is COCC1(CNC(=O)c2ocnc2C)CCCN1. The van der Waals surface area contributed by atoms with Gasteiger partial charge >= 0.3 is 0 Å². The maximum Gasteiger partial charge on any atom is 0.289 e. The minimum atomic E-state index is -0.228. The third kappa shape index (κ3) is 2.70. The minimum absolute atomic E-state index is 0.154. The molecule has 0 spiro atoms. The molecule has 1 aromatic rings. The molecule has 0 radical (unpaired) electrons. The first kappa shape index (κ1) is 13.0. The van der Waals surface area contributed by atoms with Crippen LogP contribution in [-0.4, -0.2) is 43.2 Å². The lowest BCUT2D eigenvalue weighted by atomic mass is 9.98. The normalized spacial score (nSPS) is 23.2. The summed E-state index contributed by atoms with van der Waals surface area (Å²) >= 11 is 0. The van der Waals surface area contributed by atoms with Gasteiger partial charge in [-0.15, -0.1) is 0 Å². The average Bonchev–Trinajstić information content (AvgIpc) is 2.97. The van der Waals surface area contributed by atoms with E-state index in [1.165, 1.54) is 6.39 Å². The second-order valence-corrected chi connectivity index (χ2v) is 4.69. The monoisotopic (exact) mass is 253 g/mol. The van der Waals surface area contributed by atoms with Crippen molar-refractivity contribution in [1.82, 2.24) is 15.6 Å². The number of carbonyl (C=O) groups is 1. The Labute approximate surface area is 106 Å². The van der Waals surface area contributed by atoms with Gasteiger partial charge in [0.25, 0.3) is 5.91 Å². The first-order valence-electron chi connectivity index (χ1n) is 6.09. The van der Waals surface area contributed by atoms with Crippen LogP contribution in [0.5, 0.6) is 0 Å². The van der Waals surface area contributed by atoms with Crippen molar-refractivity contribution in [3.8, 4) is 0 Å². The third-order valence-electron chi connectivity index (χ3n) is 3.29. The van der Waals surface area contributed by atoms with Crippen molar-refractivity contribution in [3.05, 3.63) is 17.8 Å². The van der Waals surface area contributed by atoms with E-state index in [-0.39, 0.29) is 17.2 Å². The number of hydrogen-bond acceptors (Lipinski definition) is 5.